The van der Waals surface area contributed by atoms with Gasteiger partial charge in [-0.25, -0.2) is 4.98 Å². The summed E-state index contributed by atoms with van der Waals surface area (Å²) in [5.74, 6) is 0.720. The number of hydrogen-bond donors (Lipinski definition) is 0. The highest BCUT2D eigenvalue weighted by molar-refractivity contribution is 5.58. The molecule has 0 bridgehead atoms. The molecule has 4 aromatic rings. The monoisotopic (exact) mass is 532 g/mol. The lowest BCUT2D eigenvalue weighted by Crippen LogP contribution is -2.47. The largest absolute Gasteiger partial charge is 0.416 e. The van der Waals surface area contributed by atoms with Gasteiger partial charge in [0.1, 0.15) is 5.82 Å². The van der Waals surface area contributed by atoms with Crippen LogP contribution in [0.1, 0.15) is 54.0 Å². The summed E-state index contributed by atoms with van der Waals surface area (Å²) < 4.78 is 41.5. The van der Waals surface area contributed by atoms with E-state index in [-0.39, 0.29) is 12.1 Å². The first-order valence-electron chi connectivity index (χ1n) is 13.5. The van der Waals surface area contributed by atoms with Crippen molar-refractivity contribution in [3.63, 3.8) is 0 Å². The van der Waals surface area contributed by atoms with Crippen molar-refractivity contribution in [3.05, 3.63) is 113 Å². The number of piperazine rings is 1. The van der Waals surface area contributed by atoms with E-state index in [0.717, 1.165) is 62.1 Å². The molecule has 4 nitrogen and oxygen atoms in total. The molecule has 0 unspecified atom stereocenters. The fourth-order valence-corrected chi connectivity index (χ4v) is 5.61. The number of benzene rings is 3. The number of halogens is 3. The number of hydrogen-bond acceptors (Lipinski definition) is 3. The van der Waals surface area contributed by atoms with Crippen LogP contribution in [0.4, 0.5) is 13.2 Å². The minimum Gasteiger partial charge on any atom is -0.324 e. The van der Waals surface area contributed by atoms with Crippen LogP contribution in [0.25, 0.3) is 11.4 Å². The summed E-state index contributed by atoms with van der Waals surface area (Å²) in [5.41, 5.74) is 4.69. The first-order chi connectivity index (χ1) is 18.7. The van der Waals surface area contributed by atoms with Gasteiger partial charge in [0.05, 0.1) is 23.0 Å². The van der Waals surface area contributed by atoms with Gasteiger partial charge in [-0.05, 0) is 44.0 Å². The summed E-state index contributed by atoms with van der Waals surface area (Å²) in [4.78, 5) is 9.84. The summed E-state index contributed by atoms with van der Waals surface area (Å²) in [7, 11) is 0. The van der Waals surface area contributed by atoms with Crippen molar-refractivity contribution in [1.82, 2.24) is 19.4 Å². The summed E-state index contributed by atoms with van der Waals surface area (Å²) >= 11 is 0. The molecule has 7 heteroatoms. The minimum absolute atomic E-state index is 0.125. The molecule has 1 fully saturated rings. The normalized spacial score (nSPS) is 15.4. The van der Waals surface area contributed by atoms with E-state index in [1.165, 1.54) is 23.3 Å². The van der Waals surface area contributed by atoms with Gasteiger partial charge < -0.3 is 4.57 Å². The summed E-state index contributed by atoms with van der Waals surface area (Å²) in [5, 5.41) is 0. The van der Waals surface area contributed by atoms with Gasteiger partial charge in [-0.3, -0.25) is 9.80 Å². The second kappa shape index (κ2) is 11.4. The van der Waals surface area contributed by atoms with Crippen LogP contribution in [0.3, 0.4) is 0 Å². The Hall–Kier alpha value is -3.42. The van der Waals surface area contributed by atoms with Gasteiger partial charge in [0.15, 0.2) is 0 Å². The zero-order valence-electron chi connectivity index (χ0n) is 22.7. The SMILES string of the molecule is Cc1nc(-c2ccc(C(F)(F)F)cc2)n(C(C)C)c1CN1CCN(C(c2ccccc2)c2ccccc2)CC1. The molecule has 0 aliphatic carbocycles. The Kier molecular flexibility index (Phi) is 7.91. The van der Waals surface area contributed by atoms with Crippen LogP contribution in [-0.2, 0) is 12.7 Å². The van der Waals surface area contributed by atoms with Gasteiger partial charge in [-0.1, -0.05) is 72.8 Å². The number of rotatable bonds is 7. The number of alkyl halides is 3. The molecule has 0 radical (unpaired) electrons. The lowest BCUT2D eigenvalue weighted by molar-refractivity contribution is -0.137. The average Bonchev–Trinajstić information content (AvgIpc) is 3.26. The molecule has 0 atom stereocenters. The molecule has 0 amide bonds. The Balaban J connectivity index is 1.34. The smallest absolute Gasteiger partial charge is 0.324 e. The molecule has 1 saturated heterocycles. The van der Waals surface area contributed by atoms with Crippen molar-refractivity contribution in [2.24, 2.45) is 0 Å². The number of aromatic nitrogens is 2. The molecule has 0 saturated carbocycles. The van der Waals surface area contributed by atoms with Crippen LogP contribution >= 0.6 is 0 Å². The maximum Gasteiger partial charge on any atom is 0.416 e. The highest BCUT2D eigenvalue weighted by Gasteiger charge is 2.31. The van der Waals surface area contributed by atoms with E-state index in [1.807, 2.05) is 6.92 Å². The third kappa shape index (κ3) is 5.94. The van der Waals surface area contributed by atoms with Gasteiger partial charge in [0.25, 0.3) is 0 Å². The standard InChI is InChI=1S/C32H35F3N4/c1-23(2)39-29(24(3)36-31(39)27-14-16-28(17-15-27)32(33,34)35)22-37-18-20-38(21-19-37)30(25-10-6-4-7-11-25)26-12-8-5-9-13-26/h4-17,23,30H,18-22H2,1-3H3. The van der Waals surface area contributed by atoms with Gasteiger partial charge in [-0.15, -0.1) is 0 Å². The highest BCUT2D eigenvalue weighted by atomic mass is 19.4. The van der Waals surface area contributed by atoms with E-state index in [1.54, 1.807) is 0 Å². The van der Waals surface area contributed by atoms with Crippen molar-refractivity contribution >= 4 is 0 Å². The third-order valence-corrected chi connectivity index (χ3v) is 7.57. The second-order valence-electron chi connectivity index (χ2n) is 10.5. The lowest BCUT2D eigenvalue weighted by atomic mass is 9.96. The molecule has 39 heavy (non-hydrogen) atoms. The van der Waals surface area contributed by atoms with Crippen molar-refractivity contribution < 1.29 is 13.2 Å². The number of aryl methyl sites for hydroxylation is 1. The highest BCUT2D eigenvalue weighted by Crippen LogP contribution is 2.33. The molecule has 0 spiro atoms. The summed E-state index contributed by atoms with van der Waals surface area (Å²) in [6, 6.07) is 27.0. The summed E-state index contributed by atoms with van der Waals surface area (Å²) in [6.07, 6.45) is -4.35. The van der Waals surface area contributed by atoms with Crippen molar-refractivity contribution in [3.8, 4) is 11.4 Å². The molecular formula is C32H35F3N4. The summed E-state index contributed by atoms with van der Waals surface area (Å²) in [6.45, 7) is 10.7. The van der Waals surface area contributed by atoms with Crippen molar-refractivity contribution in [2.75, 3.05) is 26.2 Å². The van der Waals surface area contributed by atoms with E-state index >= 15 is 0 Å². The lowest BCUT2D eigenvalue weighted by Gasteiger charge is -2.40. The Morgan fingerprint density at radius 1 is 0.769 bits per heavy atom. The number of nitrogens with zero attached hydrogens (tertiary/aromatic N) is 4. The molecule has 1 aliphatic rings. The zero-order chi connectivity index (χ0) is 27.6. The molecule has 5 rings (SSSR count). The zero-order valence-corrected chi connectivity index (χ0v) is 22.7. The van der Waals surface area contributed by atoms with E-state index in [0.29, 0.717) is 5.56 Å². The molecule has 0 N–H and O–H groups in total. The molecular weight excluding hydrogens is 497 g/mol. The fourth-order valence-electron chi connectivity index (χ4n) is 5.61. The molecule has 1 aliphatic heterocycles. The Bertz CT molecular complexity index is 1320. The Morgan fingerprint density at radius 2 is 1.31 bits per heavy atom. The Morgan fingerprint density at radius 3 is 1.79 bits per heavy atom. The van der Waals surface area contributed by atoms with Crippen LogP contribution < -0.4 is 0 Å². The van der Waals surface area contributed by atoms with Crippen molar-refractivity contribution in [2.45, 2.75) is 45.6 Å². The van der Waals surface area contributed by atoms with Crippen LogP contribution in [0, 0.1) is 6.92 Å². The first kappa shape index (κ1) is 27.2. The first-order valence-corrected chi connectivity index (χ1v) is 13.5. The van der Waals surface area contributed by atoms with E-state index in [9.17, 15) is 13.2 Å². The number of imidazole rings is 1. The van der Waals surface area contributed by atoms with E-state index < -0.39 is 11.7 Å². The van der Waals surface area contributed by atoms with E-state index in [4.69, 9.17) is 4.98 Å². The van der Waals surface area contributed by atoms with Gasteiger partial charge in [0.2, 0.25) is 0 Å². The topological polar surface area (TPSA) is 24.3 Å². The molecule has 204 valence electrons. The van der Waals surface area contributed by atoms with Crippen LogP contribution in [0.15, 0.2) is 84.9 Å². The molecule has 3 aromatic carbocycles. The average molecular weight is 533 g/mol. The predicted octanol–water partition coefficient (Wildman–Crippen LogP) is 7.37. The Labute approximate surface area is 228 Å². The predicted molar refractivity (Wildman–Crippen MR) is 149 cm³/mol. The maximum absolute atomic E-state index is 13.1. The quantitative estimate of drug-likeness (QED) is 0.248. The van der Waals surface area contributed by atoms with E-state index in [2.05, 4.69) is 88.9 Å². The maximum atomic E-state index is 13.1. The van der Waals surface area contributed by atoms with Gasteiger partial charge in [0, 0.05) is 44.3 Å². The van der Waals surface area contributed by atoms with Gasteiger partial charge >= 0.3 is 6.18 Å². The molecule has 2 heterocycles. The van der Waals surface area contributed by atoms with Crippen molar-refractivity contribution in [1.29, 1.82) is 0 Å². The van der Waals surface area contributed by atoms with Crippen LogP contribution in [0.2, 0.25) is 0 Å². The molecule has 1 aromatic heterocycles. The van der Waals surface area contributed by atoms with Gasteiger partial charge in [-0.2, -0.15) is 13.2 Å². The fraction of sp³-hybridized carbons (Fsp3) is 0.344. The van der Waals surface area contributed by atoms with Crippen LogP contribution in [0.5, 0.6) is 0 Å². The third-order valence-electron chi connectivity index (χ3n) is 7.57. The second-order valence-corrected chi connectivity index (χ2v) is 10.5. The minimum atomic E-state index is -4.35. The van der Waals surface area contributed by atoms with Crippen LogP contribution in [-0.4, -0.2) is 45.5 Å².